The number of rotatable bonds is 3. The fourth-order valence-corrected chi connectivity index (χ4v) is 2.26. The van der Waals surface area contributed by atoms with E-state index >= 15 is 0 Å². The molecule has 3 heteroatoms. The van der Waals surface area contributed by atoms with Gasteiger partial charge in [-0.2, -0.15) is 0 Å². The maximum Gasteiger partial charge on any atom is 0.140 e. The Bertz CT molecular complexity index is 398. The van der Waals surface area contributed by atoms with Gasteiger partial charge >= 0.3 is 0 Å². The molecule has 1 saturated carbocycles. The van der Waals surface area contributed by atoms with Crippen molar-refractivity contribution in [1.29, 1.82) is 0 Å². The van der Waals surface area contributed by atoms with Crippen molar-refractivity contribution >= 4 is 5.78 Å². The quantitative estimate of drug-likeness (QED) is 0.785. The van der Waals surface area contributed by atoms with E-state index in [-0.39, 0.29) is 5.92 Å². The molecular formula is C13H16O3. The monoisotopic (exact) mass is 220 g/mol. The first-order chi connectivity index (χ1) is 7.76. The molecule has 0 N–H and O–H groups in total. The minimum atomic E-state index is -0.00921. The molecule has 0 amide bonds. The zero-order valence-electron chi connectivity index (χ0n) is 9.66. The van der Waals surface area contributed by atoms with Gasteiger partial charge in [-0.05, 0) is 31.0 Å². The van der Waals surface area contributed by atoms with Crippen LogP contribution >= 0.6 is 0 Å². The molecule has 0 spiro atoms. The summed E-state index contributed by atoms with van der Waals surface area (Å²) < 4.78 is 10.5. The first kappa shape index (κ1) is 11.0. The SMILES string of the molecule is COc1ccc(OC)c(C2CCCC2=O)c1. The van der Waals surface area contributed by atoms with Gasteiger partial charge in [0, 0.05) is 17.9 Å². The highest BCUT2D eigenvalue weighted by molar-refractivity contribution is 5.88. The van der Waals surface area contributed by atoms with Crippen LogP contribution in [0.2, 0.25) is 0 Å². The van der Waals surface area contributed by atoms with Gasteiger partial charge < -0.3 is 9.47 Å². The largest absolute Gasteiger partial charge is 0.497 e. The van der Waals surface area contributed by atoms with Gasteiger partial charge in [-0.3, -0.25) is 4.79 Å². The number of ether oxygens (including phenoxy) is 2. The highest BCUT2D eigenvalue weighted by Gasteiger charge is 2.28. The van der Waals surface area contributed by atoms with E-state index in [1.165, 1.54) is 0 Å². The number of hydrogen-bond acceptors (Lipinski definition) is 3. The van der Waals surface area contributed by atoms with Gasteiger partial charge in [-0.1, -0.05) is 0 Å². The summed E-state index contributed by atoms with van der Waals surface area (Å²) in [6.07, 6.45) is 2.58. The van der Waals surface area contributed by atoms with Crippen molar-refractivity contribution in [3.8, 4) is 11.5 Å². The molecule has 1 atom stereocenters. The van der Waals surface area contributed by atoms with Crippen LogP contribution in [0.1, 0.15) is 30.7 Å². The summed E-state index contributed by atoms with van der Waals surface area (Å²) in [5.41, 5.74) is 0.962. The molecule has 0 heterocycles. The Morgan fingerprint density at radius 3 is 2.62 bits per heavy atom. The molecule has 3 nitrogen and oxygen atoms in total. The standard InChI is InChI=1S/C13H16O3/c1-15-9-6-7-13(16-2)11(8-9)10-4-3-5-12(10)14/h6-8,10H,3-5H2,1-2H3. The van der Waals surface area contributed by atoms with Crippen molar-refractivity contribution in [2.24, 2.45) is 0 Å². The van der Waals surface area contributed by atoms with Crippen molar-refractivity contribution < 1.29 is 14.3 Å². The number of carbonyl (C=O) groups excluding carboxylic acids is 1. The fourth-order valence-electron chi connectivity index (χ4n) is 2.26. The van der Waals surface area contributed by atoms with Crippen LogP contribution in [0, 0.1) is 0 Å². The molecule has 1 aliphatic rings. The second kappa shape index (κ2) is 4.56. The lowest BCUT2D eigenvalue weighted by atomic mass is 9.95. The second-order valence-corrected chi connectivity index (χ2v) is 4.02. The molecule has 1 aromatic rings. The van der Waals surface area contributed by atoms with Crippen molar-refractivity contribution in [3.63, 3.8) is 0 Å². The van der Waals surface area contributed by atoms with Crippen molar-refractivity contribution in [1.82, 2.24) is 0 Å². The van der Waals surface area contributed by atoms with E-state index in [0.717, 1.165) is 29.9 Å². The Morgan fingerprint density at radius 1 is 1.25 bits per heavy atom. The Morgan fingerprint density at radius 2 is 2.06 bits per heavy atom. The lowest BCUT2D eigenvalue weighted by Gasteiger charge is -2.14. The topological polar surface area (TPSA) is 35.5 Å². The van der Waals surface area contributed by atoms with E-state index in [1.54, 1.807) is 14.2 Å². The second-order valence-electron chi connectivity index (χ2n) is 4.02. The smallest absolute Gasteiger partial charge is 0.140 e. The Hall–Kier alpha value is -1.51. The average molecular weight is 220 g/mol. The van der Waals surface area contributed by atoms with Crippen LogP contribution in [-0.4, -0.2) is 20.0 Å². The fraction of sp³-hybridized carbons (Fsp3) is 0.462. The lowest BCUT2D eigenvalue weighted by Crippen LogP contribution is -2.06. The number of methoxy groups -OCH3 is 2. The van der Waals surface area contributed by atoms with Crippen LogP contribution in [-0.2, 0) is 4.79 Å². The van der Waals surface area contributed by atoms with Gasteiger partial charge in [0.05, 0.1) is 14.2 Å². The summed E-state index contributed by atoms with van der Waals surface area (Å²) in [7, 11) is 3.26. The number of hydrogen-bond donors (Lipinski definition) is 0. The van der Waals surface area contributed by atoms with E-state index in [4.69, 9.17) is 9.47 Å². The molecule has 16 heavy (non-hydrogen) atoms. The van der Waals surface area contributed by atoms with Crippen molar-refractivity contribution in [2.45, 2.75) is 25.2 Å². The van der Waals surface area contributed by atoms with Crippen LogP contribution in [0.5, 0.6) is 11.5 Å². The Balaban J connectivity index is 2.39. The van der Waals surface area contributed by atoms with Gasteiger partial charge in [-0.25, -0.2) is 0 Å². The summed E-state index contributed by atoms with van der Waals surface area (Å²) in [6.45, 7) is 0. The zero-order valence-corrected chi connectivity index (χ0v) is 9.66. The summed E-state index contributed by atoms with van der Waals surface area (Å²) in [5.74, 6) is 1.85. The van der Waals surface area contributed by atoms with Crippen molar-refractivity contribution in [2.75, 3.05) is 14.2 Å². The molecule has 0 bridgehead atoms. The number of benzene rings is 1. The van der Waals surface area contributed by atoms with Crippen molar-refractivity contribution in [3.05, 3.63) is 23.8 Å². The Labute approximate surface area is 95.4 Å². The molecule has 0 aliphatic heterocycles. The van der Waals surface area contributed by atoms with Gasteiger partial charge in [0.1, 0.15) is 17.3 Å². The molecule has 0 radical (unpaired) electrons. The Kier molecular flexibility index (Phi) is 3.13. The van der Waals surface area contributed by atoms with Gasteiger partial charge in [0.2, 0.25) is 0 Å². The third kappa shape index (κ3) is 1.90. The highest BCUT2D eigenvalue weighted by atomic mass is 16.5. The van der Waals surface area contributed by atoms with Gasteiger partial charge in [-0.15, -0.1) is 0 Å². The molecular weight excluding hydrogens is 204 g/mol. The number of carbonyl (C=O) groups is 1. The average Bonchev–Trinajstić information content (AvgIpc) is 2.74. The first-order valence-corrected chi connectivity index (χ1v) is 5.51. The molecule has 0 aromatic heterocycles. The van der Waals surface area contributed by atoms with Crippen LogP contribution in [0.15, 0.2) is 18.2 Å². The molecule has 2 rings (SSSR count). The highest BCUT2D eigenvalue weighted by Crippen LogP contribution is 2.38. The molecule has 1 aliphatic carbocycles. The number of ketones is 1. The van der Waals surface area contributed by atoms with Crippen LogP contribution < -0.4 is 9.47 Å². The summed E-state index contributed by atoms with van der Waals surface area (Å²) in [4.78, 5) is 11.7. The zero-order chi connectivity index (χ0) is 11.5. The van der Waals surface area contributed by atoms with Gasteiger partial charge in [0.15, 0.2) is 0 Å². The predicted molar refractivity (Wildman–Crippen MR) is 61.1 cm³/mol. The van der Waals surface area contributed by atoms with E-state index in [2.05, 4.69) is 0 Å². The maximum absolute atomic E-state index is 11.7. The minimum Gasteiger partial charge on any atom is -0.497 e. The summed E-state index contributed by atoms with van der Waals surface area (Å²) in [6, 6.07) is 5.62. The molecule has 86 valence electrons. The van der Waals surface area contributed by atoms with E-state index in [9.17, 15) is 4.79 Å². The van der Waals surface area contributed by atoms with Gasteiger partial charge in [0.25, 0.3) is 0 Å². The molecule has 1 aromatic carbocycles. The van der Waals surface area contributed by atoms with Crippen LogP contribution in [0.3, 0.4) is 0 Å². The summed E-state index contributed by atoms with van der Waals surface area (Å²) >= 11 is 0. The molecule has 1 fully saturated rings. The maximum atomic E-state index is 11.7. The minimum absolute atomic E-state index is 0.00921. The normalized spacial score (nSPS) is 19.9. The third-order valence-corrected chi connectivity index (χ3v) is 3.12. The van der Waals surface area contributed by atoms with E-state index in [0.29, 0.717) is 12.2 Å². The lowest BCUT2D eigenvalue weighted by molar-refractivity contribution is -0.118. The third-order valence-electron chi connectivity index (χ3n) is 3.12. The van der Waals surface area contributed by atoms with Crippen LogP contribution in [0.25, 0.3) is 0 Å². The van der Waals surface area contributed by atoms with E-state index < -0.39 is 0 Å². The molecule has 1 unspecified atom stereocenters. The first-order valence-electron chi connectivity index (χ1n) is 5.51. The molecule has 0 saturated heterocycles. The van der Waals surface area contributed by atoms with E-state index in [1.807, 2.05) is 18.2 Å². The van der Waals surface area contributed by atoms with Crippen LogP contribution in [0.4, 0.5) is 0 Å². The predicted octanol–water partition coefficient (Wildman–Crippen LogP) is 2.54. The summed E-state index contributed by atoms with van der Waals surface area (Å²) in [5, 5.41) is 0. The number of Topliss-reactive ketones (excluding diaryl/α,β-unsaturated/α-hetero) is 1.